The van der Waals surface area contributed by atoms with Crippen molar-refractivity contribution < 1.29 is 41.8 Å². The Morgan fingerprint density at radius 2 is 1.66 bits per heavy atom. The van der Waals surface area contributed by atoms with E-state index in [0.717, 1.165) is 44.6 Å². The number of hydrogen-bond acceptors (Lipinski definition) is 9. The third-order valence-electron chi connectivity index (χ3n) is 13.7. The molecule has 2 aliphatic carbocycles. The van der Waals surface area contributed by atoms with Crippen LogP contribution in [0, 0.1) is 23.2 Å². The standard InChI is InChI=1S/C48H57F3N8O6/c1-27(2)41(56-46(63)64-6)45(62)59-37-10-8-7-9-31(37)21-38(59)42-53-25-36(55-42)30-13-11-29(12-14-30)34-17-15-32(22-39(34)65-48(49,50)51)43(60)54-33-16-18-40(52-24-33)58-20-19-57(26-28(58)3)44(61)35-23-47(35,4)5/h11-18,22,24-25,27-28,31,35,37-38,41H,7-10,19-21,23,26H2,1-6H3,(H,53,55)(H,54,60)(H,56,63)/t28-,31+,35?,37+,38+,41+/m1/s1. The minimum Gasteiger partial charge on any atom is -0.453 e. The van der Waals surface area contributed by atoms with Crippen LogP contribution in [0.25, 0.3) is 22.4 Å². The second-order valence-electron chi connectivity index (χ2n) is 18.9. The summed E-state index contributed by atoms with van der Waals surface area (Å²) in [6, 6.07) is 13.1. The lowest BCUT2D eigenvalue weighted by Gasteiger charge is -2.41. The van der Waals surface area contributed by atoms with E-state index in [9.17, 15) is 32.3 Å². The molecule has 3 N–H and O–H groups in total. The van der Waals surface area contributed by atoms with Crippen molar-refractivity contribution in [2.45, 2.75) is 104 Å². The first-order valence-electron chi connectivity index (χ1n) is 22.5. The molecule has 2 aromatic carbocycles. The van der Waals surface area contributed by atoms with Crippen LogP contribution in [0.1, 0.15) is 95.4 Å². The zero-order chi connectivity index (χ0) is 46.4. The molecule has 2 saturated carbocycles. The van der Waals surface area contributed by atoms with E-state index >= 15 is 0 Å². The van der Waals surface area contributed by atoms with Gasteiger partial charge in [-0.3, -0.25) is 14.4 Å². The number of rotatable bonds is 11. The molecular formula is C48H57F3N8O6. The summed E-state index contributed by atoms with van der Waals surface area (Å²) in [4.78, 5) is 71.4. The molecule has 8 rings (SSSR count). The molecule has 17 heteroatoms. The molecule has 2 saturated heterocycles. The Bertz CT molecular complexity index is 2400. The minimum atomic E-state index is -5.03. The molecule has 2 aliphatic heterocycles. The highest BCUT2D eigenvalue weighted by molar-refractivity contribution is 6.05. The fourth-order valence-corrected chi connectivity index (χ4v) is 9.91. The van der Waals surface area contributed by atoms with E-state index in [1.807, 2.05) is 30.6 Å². The van der Waals surface area contributed by atoms with E-state index in [1.54, 1.807) is 42.6 Å². The number of alkyl carbamates (subject to hydrolysis) is 1. The van der Waals surface area contributed by atoms with E-state index in [-0.39, 0.29) is 58.3 Å². The van der Waals surface area contributed by atoms with Crippen molar-refractivity contribution in [3.8, 4) is 28.1 Å². The number of carbonyl (C=O) groups is 4. The number of benzene rings is 2. The van der Waals surface area contributed by atoms with Crippen molar-refractivity contribution in [2.24, 2.45) is 23.2 Å². The zero-order valence-electron chi connectivity index (χ0n) is 37.6. The summed E-state index contributed by atoms with van der Waals surface area (Å²) >= 11 is 0. The molecule has 4 heterocycles. The van der Waals surface area contributed by atoms with Gasteiger partial charge in [0.15, 0.2) is 0 Å². The number of alkyl halides is 3. The number of H-pyrrole nitrogens is 1. The van der Waals surface area contributed by atoms with Gasteiger partial charge in [0.2, 0.25) is 11.8 Å². The number of aromatic amines is 1. The summed E-state index contributed by atoms with van der Waals surface area (Å²) in [6.45, 7) is 11.8. The molecule has 4 aliphatic rings. The number of halogens is 3. The van der Waals surface area contributed by atoms with Gasteiger partial charge in [0.1, 0.15) is 23.4 Å². The number of methoxy groups -OCH3 is 1. The van der Waals surface area contributed by atoms with Crippen LogP contribution in [0.3, 0.4) is 0 Å². The second-order valence-corrected chi connectivity index (χ2v) is 18.9. The molecule has 4 aromatic rings. The van der Waals surface area contributed by atoms with Gasteiger partial charge < -0.3 is 39.8 Å². The third-order valence-corrected chi connectivity index (χ3v) is 13.7. The number of pyridine rings is 1. The molecule has 6 atom stereocenters. The number of imidazole rings is 1. The number of piperazine rings is 1. The summed E-state index contributed by atoms with van der Waals surface area (Å²) in [5.41, 5.74) is 2.29. The lowest BCUT2D eigenvalue weighted by molar-refractivity contribution is -0.274. The molecular weight excluding hydrogens is 842 g/mol. The number of hydrogen-bond donors (Lipinski definition) is 3. The number of anilines is 2. The molecule has 65 heavy (non-hydrogen) atoms. The Balaban J connectivity index is 0.951. The topological polar surface area (TPSA) is 162 Å². The summed E-state index contributed by atoms with van der Waals surface area (Å²) in [6.07, 6.45) is 3.07. The maximum atomic E-state index is 14.2. The first-order chi connectivity index (χ1) is 30.9. The monoisotopic (exact) mass is 898 g/mol. The van der Waals surface area contributed by atoms with Gasteiger partial charge >= 0.3 is 12.5 Å². The van der Waals surface area contributed by atoms with Crippen LogP contribution in [-0.4, -0.2) is 99.8 Å². The van der Waals surface area contributed by atoms with Gasteiger partial charge in [0.05, 0.1) is 36.9 Å². The third kappa shape index (κ3) is 9.79. The fraction of sp³-hybridized carbons (Fsp3) is 0.500. The maximum Gasteiger partial charge on any atom is 0.573 e. The Labute approximate surface area is 376 Å². The maximum absolute atomic E-state index is 14.2. The second kappa shape index (κ2) is 18.0. The van der Waals surface area contributed by atoms with E-state index in [0.29, 0.717) is 59.7 Å². The predicted octanol–water partition coefficient (Wildman–Crippen LogP) is 8.59. The first kappa shape index (κ1) is 45.4. The average Bonchev–Trinajstić information content (AvgIpc) is 3.56. The molecule has 0 spiro atoms. The van der Waals surface area contributed by atoms with Gasteiger partial charge in [-0.1, -0.05) is 64.8 Å². The Hall–Kier alpha value is -6.13. The largest absolute Gasteiger partial charge is 0.573 e. The van der Waals surface area contributed by atoms with Gasteiger partial charge in [-0.2, -0.15) is 0 Å². The number of nitrogens with zero attached hydrogens (tertiary/aromatic N) is 5. The Morgan fingerprint density at radius 1 is 0.938 bits per heavy atom. The van der Waals surface area contributed by atoms with Gasteiger partial charge in [0.25, 0.3) is 5.91 Å². The van der Waals surface area contributed by atoms with E-state index in [4.69, 9.17) is 9.72 Å². The number of fused-ring (bicyclic) bond motifs is 1. The summed E-state index contributed by atoms with van der Waals surface area (Å²) < 4.78 is 50.7. The van der Waals surface area contributed by atoms with E-state index in [2.05, 4.69) is 44.1 Å². The van der Waals surface area contributed by atoms with Gasteiger partial charge in [0, 0.05) is 48.8 Å². The molecule has 4 amide bonds. The number of aromatic nitrogens is 3. The molecule has 1 unspecified atom stereocenters. The Kier molecular flexibility index (Phi) is 12.6. The van der Waals surface area contributed by atoms with Crippen LogP contribution in [0.5, 0.6) is 5.75 Å². The molecule has 4 fully saturated rings. The van der Waals surface area contributed by atoms with Crippen molar-refractivity contribution in [1.82, 2.24) is 30.1 Å². The summed E-state index contributed by atoms with van der Waals surface area (Å²) in [5, 5.41) is 5.46. The highest BCUT2D eigenvalue weighted by Crippen LogP contribution is 2.52. The number of amides is 4. The van der Waals surface area contributed by atoms with Crippen LogP contribution in [0.4, 0.5) is 29.5 Å². The fourth-order valence-electron chi connectivity index (χ4n) is 9.91. The van der Waals surface area contributed by atoms with Crippen LogP contribution in [-0.2, 0) is 14.3 Å². The van der Waals surface area contributed by atoms with Crippen molar-refractivity contribution >= 4 is 35.3 Å². The molecule has 0 radical (unpaired) electrons. The van der Waals surface area contributed by atoms with Crippen LogP contribution in [0.2, 0.25) is 0 Å². The quantitative estimate of drug-likeness (QED) is 0.134. The highest BCUT2D eigenvalue weighted by atomic mass is 19.4. The molecule has 346 valence electrons. The lowest BCUT2D eigenvalue weighted by Crippen LogP contribution is -2.54. The van der Waals surface area contributed by atoms with E-state index < -0.39 is 30.2 Å². The SMILES string of the molecule is COC(=O)N[C@H](C(=O)N1[C@H](c2ncc(-c3ccc(-c4ccc(C(=O)Nc5ccc(N6CCN(C(=O)C7CC7(C)C)C[C@H]6C)nc5)cc4OC(F)(F)F)cc3)[nH]2)C[C@@H]2CCCC[C@@H]21)C(C)C. The molecule has 0 bridgehead atoms. The highest BCUT2D eigenvalue weighted by Gasteiger charge is 2.52. The predicted molar refractivity (Wildman–Crippen MR) is 238 cm³/mol. The van der Waals surface area contributed by atoms with E-state index in [1.165, 1.54) is 25.4 Å². The summed E-state index contributed by atoms with van der Waals surface area (Å²) in [5.74, 6) is 0.335. The van der Waals surface area contributed by atoms with Gasteiger partial charge in [-0.05, 0) is 91.3 Å². The summed E-state index contributed by atoms with van der Waals surface area (Å²) in [7, 11) is 1.27. The average molecular weight is 899 g/mol. The van der Waals surface area contributed by atoms with Crippen LogP contribution < -0.4 is 20.3 Å². The molecule has 2 aromatic heterocycles. The smallest absolute Gasteiger partial charge is 0.453 e. The minimum absolute atomic E-state index is 0.0183. The van der Waals surface area contributed by atoms with Crippen LogP contribution >= 0.6 is 0 Å². The van der Waals surface area contributed by atoms with Crippen molar-refractivity contribution in [3.63, 3.8) is 0 Å². The first-order valence-corrected chi connectivity index (χ1v) is 22.5. The van der Waals surface area contributed by atoms with Gasteiger partial charge in [-0.25, -0.2) is 14.8 Å². The number of nitrogens with one attached hydrogen (secondary N) is 3. The number of carbonyl (C=O) groups excluding carboxylic acids is 4. The van der Waals surface area contributed by atoms with Crippen molar-refractivity contribution in [1.29, 1.82) is 0 Å². The van der Waals surface area contributed by atoms with Crippen LogP contribution in [0.15, 0.2) is 67.0 Å². The zero-order valence-corrected chi connectivity index (χ0v) is 37.6. The van der Waals surface area contributed by atoms with Crippen molar-refractivity contribution in [2.75, 3.05) is 37.0 Å². The van der Waals surface area contributed by atoms with Crippen molar-refractivity contribution in [3.05, 3.63) is 78.4 Å². The molecule has 14 nitrogen and oxygen atoms in total. The Morgan fingerprint density at radius 3 is 2.31 bits per heavy atom. The number of ether oxygens (including phenoxy) is 2. The normalized spacial score (nSPS) is 23.1. The lowest BCUT2D eigenvalue weighted by atomic mass is 9.84. The van der Waals surface area contributed by atoms with Gasteiger partial charge in [-0.15, -0.1) is 13.2 Å². The number of likely N-dealkylation sites (tertiary alicyclic amines) is 1.